The second-order valence-corrected chi connectivity index (χ2v) is 8.49. The van der Waals surface area contributed by atoms with Gasteiger partial charge in [-0.25, -0.2) is 0 Å². The maximum Gasteiger partial charge on any atom is 0.220 e. The van der Waals surface area contributed by atoms with Gasteiger partial charge in [-0.3, -0.25) is 14.4 Å². The fraction of sp³-hybridized carbons (Fsp3) is 0.833. The number of amides is 1. The van der Waals surface area contributed by atoms with Crippen LogP contribution < -0.4 is 10.6 Å². The normalized spacial score (nSPS) is 13.8. The first-order valence-electron chi connectivity index (χ1n) is 8.35. The number of carbonyl (C=O) groups is 3. The number of carbonyl (C=O) groups excluding carboxylic acids is 3. The average molecular weight is 326 g/mol. The van der Waals surface area contributed by atoms with Crippen molar-refractivity contribution in [3.63, 3.8) is 0 Å². The van der Waals surface area contributed by atoms with Crippen molar-refractivity contribution >= 4 is 17.5 Å². The molecule has 0 aliphatic rings. The van der Waals surface area contributed by atoms with Crippen molar-refractivity contribution in [3.05, 3.63) is 0 Å². The first-order valence-corrected chi connectivity index (χ1v) is 8.35. The van der Waals surface area contributed by atoms with Crippen molar-refractivity contribution in [3.8, 4) is 0 Å². The van der Waals surface area contributed by atoms with Gasteiger partial charge in [0.05, 0.1) is 12.6 Å². The van der Waals surface area contributed by atoms with E-state index in [0.29, 0.717) is 6.42 Å². The molecule has 1 atom stereocenters. The molecule has 5 nitrogen and oxygen atoms in total. The molecule has 0 saturated heterocycles. The molecule has 0 aromatic carbocycles. The van der Waals surface area contributed by atoms with Gasteiger partial charge in [-0.1, -0.05) is 34.6 Å². The van der Waals surface area contributed by atoms with Crippen molar-refractivity contribution in [1.29, 1.82) is 0 Å². The summed E-state index contributed by atoms with van der Waals surface area (Å²) in [5, 5.41) is 5.93. The van der Waals surface area contributed by atoms with Gasteiger partial charge in [0, 0.05) is 23.3 Å². The van der Waals surface area contributed by atoms with E-state index < -0.39 is 5.41 Å². The van der Waals surface area contributed by atoms with Crippen LogP contribution in [-0.4, -0.2) is 35.6 Å². The molecule has 2 N–H and O–H groups in total. The monoisotopic (exact) mass is 326 g/mol. The van der Waals surface area contributed by atoms with Crippen molar-refractivity contribution in [2.24, 2.45) is 11.3 Å². The Morgan fingerprint density at radius 1 is 0.957 bits per heavy atom. The molecule has 0 saturated carbocycles. The Morgan fingerprint density at radius 3 is 1.87 bits per heavy atom. The minimum absolute atomic E-state index is 0.00604. The highest BCUT2D eigenvalue weighted by atomic mass is 16.2. The molecular formula is C18H34N2O3. The van der Waals surface area contributed by atoms with Gasteiger partial charge in [-0.05, 0) is 27.2 Å². The maximum absolute atomic E-state index is 12.3. The van der Waals surface area contributed by atoms with Crippen LogP contribution in [0, 0.1) is 11.3 Å². The predicted molar refractivity (Wildman–Crippen MR) is 93.2 cm³/mol. The zero-order valence-corrected chi connectivity index (χ0v) is 16.0. The van der Waals surface area contributed by atoms with Gasteiger partial charge < -0.3 is 10.6 Å². The summed E-state index contributed by atoms with van der Waals surface area (Å²) < 4.78 is 0. The fourth-order valence-electron chi connectivity index (χ4n) is 2.02. The lowest BCUT2D eigenvalue weighted by atomic mass is 9.91. The third-order valence-electron chi connectivity index (χ3n) is 3.46. The molecular weight excluding hydrogens is 292 g/mol. The van der Waals surface area contributed by atoms with E-state index in [9.17, 15) is 14.4 Å². The third kappa shape index (κ3) is 9.49. The first kappa shape index (κ1) is 21.8. The van der Waals surface area contributed by atoms with Crippen LogP contribution in [-0.2, 0) is 14.4 Å². The molecule has 0 bridgehead atoms. The summed E-state index contributed by atoms with van der Waals surface area (Å²) in [6.07, 6.45) is 0.660. The summed E-state index contributed by atoms with van der Waals surface area (Å²) >= 11 is 0. The topological polar surface area (TPSA) is 75.3 Å². The Labute approximate surface area is 141 Å². The zero-order chi connectivity index (χ0) is 18.4. The molecule has 134 valence electrons. The van der Waals surface area contributed by atoms with Gasteiger partial charge in [0.2, 0.25) is 5.91 Å². The van der Waals surface area contributed by atoms with E-state index in [0.717, 1.165) is 0 Å². The Hall–Kier alpha value is -1.23. The highest BCUT2D eigenvalue weighted by Crippen LogP contribution is 2.14. The van der Waals surface area contributed by atoms with Gasteiger partial charge in [-0.2, -0.15) is 0 Å². The molecule has 0 spiro atoms. The van der Waals surface area contributed by atoms with E-state index in [1.807, 2.05) is 55.4 Å². The second kappa shape index (κ2) is 8.57. The number of hydrogen-bond donors (Lipinski definition) is 2. The number of hydrogen-bond acceptors (Lipinski definition) is 4. The quantitative estimate of drug-likeness (QED) is 0.718. The number of ketones is 2. The van der Waals surface area contributed by atoms with E-state index in [-0.39, 0.29) is 47.9 Å². The molecule has 0 aliphatic heterocycles. The Morgan fingerprint density at radius 2 is 1.48 bits per heavy atom. The van der Waals surface area contributed by atoms with E-state index >= 15 is 0 Å². The summed E-state index contributed by atoms with van der Waals surface area (Å²) in [5.41, 5.74) is -0.662. The van der Waals surface area contributed by atoms with Crippen LogP contribution in [0.1, 0.15) is 68.2 Å². The Bertz CT molecular complexity index is 429. The Kier molecular flexibility index (Phi) is 8.12. The molecule has 0 aromatic heterocycles. The number of rotatable bonds is 8. The average Bonchev–Trinajstić information content (AvgIpc) is 2.37. The maximum atomic E-state index is 12.3. The molecule has 23 heavy (non-hydrogen) atoms. The minimum Gasteiger partial charge on any atom is -0.349 e. The first-order chi connectivity index (χ1) is 10.2. The molecule has 0 aliphatic carbocycles. The van der Waals surface area contributed by atoms with Crippen molar-refractivity contribution in [2.75, 3.05) is 6.54 Å². The van der Waals surface area contributed by atoms with E-state index in [1.54, 1.807) is 0 Å². The summed E-state index contributed by atoms with van der Waals surface area (Å²) in [5.74, 6) is -0.174. The van der Waals surface area contributed by atoms with Gasteiger partial charge in [0.1, 0.15) is 0 Å². The van der Waals surface area contributed by atoms with Crippen molar-refractivity contribution in [2.45, 2.75) is 79.8 Å². The lowest BCUT2D eigenvalue weighted by Crippen LogP contribution is -2.49. The standard InChI is InChI=1S/C18H34N2O3/c1-12(2)16(23)13(20-18(6,7)8)9-10-15(22)19-11-14(21)17(3,4)5/h12-13,20H,9-11H2,1-8H3,(H,19,22). The minimum atomic E-state index is -0.461. The third-order valence-corrected chi connectivity index (χ3v) is 3.46. The number of nitrogens with one attached hydrogen (secondary N) is 2. The smallest absolute Gasteiger partial charge is 0.220 e. The lowest BCUT2D eigenvalue weighted by Gasteiger charge is -2.28. The molecule has 1 unspecified atom stereocenters. The van der Waals surface area contributed by atoms with Crippen molar-refractivity contribution in [1.82, 2.24) is 10.6 Å². The molecule has 5 heteroatoms. The zero-order valence-electron chi connectivity index (χ0n) is 16.0. The summed E-state index contributed by atoms with van der Waals surface area (Å²) in [7, 11) is 0. The van der Waals surface area contributed by atoms with Gasteiger partial charge in [-0.15, -0.1) is 0 Å². The fourth-order valence-corrected chi connectivity index (χ4v) is 2.02. The van der Waals surface area contributed by atoms with E-state index in [4.69, 9.17) is 0 Å². The lowest BCUT2D eigenvalue weighted by molar-refractivity contribution is -0.129. The highest BCUT2D eigenvalue weighted by Gasteiger charge is 2.26. The molecule has 0 rings (SSSR count). The predicted octanol–water partition coefficient (Wildman–Crippen LogP) is 2.48. The van der Waals surface area contributed by atoms with Gasteiger partial charge >= 0.3 is 0 Å². The molecule has 0 fully saturated rings. The molecule has 0 heterocycles. The summed E-state index contributed by atoms with van der Waals surface area (Å²) in [6, 6.07) is -0.348. The molecule has 1 amide bonds. The van der Waals surface area contributed by atoms with Crippen LogP contribution in [0.25, 0.3) is 0 Å². The van der Waals surface area contributed by atoms with Gasteiger partial charge in [0.25, 0.3) is 0 Å². The van der Waals surface area contributed by atoms with E-state index in [2.05, 4.69) is 10.6 Å². The van der Waals surface area contributed by atoms with Crippen molar-refractivity contribution < 1.29 is 14.4 Å². The summed E-state index contributed by atoms with van der Waals surface area (Å²) in [4.78, 5) is 36.0. The highest BCUT2D eigenvalue weighted by molar-refractivity contribution is 5.90. The van der Waals surface area contributed by atoms with Crippen LogP contribution in [0.2, 0.25) is 0 Å². The Balaban J connectivity index is 4.53. The summed E-state index contributed by atoms with van der Waals surface area (Å²) in [6.45, 7) is 15.2. The second-order valence-electron chi connectivity index (χ2n) is 8.49. The van der Waals surface area contributed by atoms with Crippen LogP contribution in [0.5, 0.6) is 0 Å². The SMILES string of the molecule is CC(C)C(=O)C(CCC(=O)NCC(=O)C(C)(C)C)NC(C)(C)C. The van der Waals surface area contributed by atoms with Crippen LogP contribution in [0.15, 0.2) is 0 Å². The molecule has 0 radical (unpaired) electrons. The van der Waals surface area contributed by atoms with Crippen LogP contribution >= 0.6 is 0 Å². The van der Waals surface area contributed by atoms with Gasteiger partial charge in [0.15, 0.2) is 11.6 Å². The van der Waals surface area contributed by atoms with Crippen LogP contribution in [0.3, 0.4) is 0 Å². The molecule has 0 aromatic rings. The largest absolute Gasteiger partial charge is 0.349 e. The van der Waals surface area contributed by atoms with Crippen LogP contribution in [0.4, 0.5) is 0 Å². The number of Topliss-reactive ketones (excluding diaryl/α,β-unsaturated/α-hetero) is 2. The van der Waals surface area contributed by atoms with E-state index in [1.165, 1.54) is 0 Å².